The minimum atomic E-state index is -0.366. The minimum Gasteiger partial charge on any atom is -0.494 e. The third kappa shape index (κ3) is 4.98. The lowest BCUT2D eigenvalue weighted by Gasteiger charge is -2.04. The van der Waals surface area contributed by atoms with Gasteiger partial charge >= 0.3 is 0 Å². The molecule has 144 valence electrons. The first kappa shape index (κ1) is 19.6. The number of carbonyl (C=O) groups is 1. The number of amides is 1. The summed E-state index contributed by atoms with van der Waals surface area (Å²) in [6, 6.07) is 16.5. The van der Waals surface area contributed by atoms with Crippen molar-refractivity contribution in [3.05, 3.63) is 70.9 Å². The second-order valence-corrected chi connectivity index (χ2v) is 6.62. The molecule has 28 heavy (non-hydrogen) atoms. The Bertz CT molecular complexity index is 963. The molecule has 0 aliphatic rings. The monoisotopic (exact) mass is 396 g/mol. The zero-order chi connectivity index (χ0) is 19.9. The van der Waals surface area contributed by atoms with E-state index in [2.05, 4.69) is 27.6 Å². The molecule has 1 aromatic heterocycles. The van der Waals surface area contributed by atoms with Gasteiger partial charge in [-0.2, -0.15) is 10.2 Å². The van der Waals surface area contributed by atoms with E-state index in [4.69, 9.17) is 16.3 Å². The molecule has 3 aromatic rings. The highest BCUT2D eigenvalue weighted by Gasteiger charge is 2.11. The van der Waals surface area contributed by atoms with Gasteiger partial charge in [-0.1, -0.05) is 30.7 Å². The van der Waals surface area contributed by atoms with Crippen LogP contribution in [-0.4, -0.2) is 28.4 Å². The van der Waals surface area contributed by atoms with Gasteiger partial charge in [0.25, 0.3) is 5.91 Å². The lowest BCUT2D eigenvalue weighted by molar-refractivity contribution is 0.0950. The number of rotatable bonds is 7. The average Bonchev–Trinajstić information content (AvgIpc) is 3.21. The average molecular weight is 397 g/mol. The zero-order valence-electron chi connectivity index (χ0n) is 15.7. The molecule has 0 saturated carbocycles. The molecule has 0 spiro atoms. The number of hydrazone groups is 1. The summed E-state index contributed by atoms with van der Waals surface area (Å²) >= 11 is 5.88. The standard InChI is InChI=1S/C21H21ClN4O2/c1-3-12-28-18-10-6-16(7-11-18)19-13-20(25-24-19)21(27)26-23-14(2)15-4-8-17(22)9-5-15/h4-11,13H,3,12H2,1-2H3,(H,24,25)(H,26,27)/b23-14-. The van der Waals surface area contributed by atoms with Crippen LogP contribution in [0.5, 0.6) is 5.75 Å². The van der Waals surface area contributed by atoms with Crippen LogP contribution >= 0.6 is 11.6 Å². The van der Waals surface area contributed by atoms with Crippen LogP contribution in [0, 0.1) is 0 Å². The molecule has 7 heteroatoms. The van der Waals surface area contributed by atoms with E-state index in [0.717, 1.165) is 23.3 Å². The van der Waals surface area contributed by atoms with Crippen molar-refractivity contribution in [2.45, 2.75) is 20.3 Å². The number of hydrogen-bond donors (Lipinski definition) is 2. The first-order valence-corrected chi connectivity index (χ1v) is 9.34. The number of aromatic nitrogens is 2. The van der Waals surface area contributed by atoms with E-state index in [0.29, 0.717) is 28.7 Å². The van der Waals surface area contributed by atoms with Gasteiger partial charge in [-0.3, -0.25) is 9.89 Å². The summed E-state index contributed by atoms with van der Waals surface area (Å²) in [5.41, 5.74) is 5.97. The van der Waals surface area contributed by atoms with E-state index in [1.165, 1.54) is 0 Å². The van der Waals surface area contributed by atoms with Gasteiger partial charge in [-0.05, 0) is 61.4 Å². The lowest BCUT2D eigenvalue weighted by Crippen LogP contribution is -2.19. The van der Waals surface area contributed by atoms with Crippen LogP contribution in [-0.2, 0) is 0 Å². The van der Waals surface area contributed by atoms with Gasteiger partial charge in [0.05, 0.1) is 18.0 Å². The van der Waals surface area contributed by atoms with Gasteiger partial charge in [0.2, 0.25) is 0 Å². The van der Waals surface area contributed by atoms with Gasteiger partial charge in [0, 0.05) is 10.6 Å². The maximum Gasteiger partial charge on any atom is 0.289 e. The minimum absolute atomic E-state index is 0.328. The van der Waals surface area contributed by atoms with E-state index >= 15 is 0 Å². The molecule has 0 bridgehead atoms. The smallest absolute Gasteiger partial charge is 0.289 e. The first-order chi connectivity index (χ1) is 13.6. The van der Waals surface area contributed by atoms with Crippen molar-refractivity contribution in [3.8, 4) is 17.0 Å². The van der Waals surface area contributed by atoms with Crippen LogP contribution in [0.4, 0.5) is 0 Å². The number of nitrogens with zero attached hydrogens (tertiary/aromatic N) is 2. The van der Waals surface area contributed by atoms with E-state index in [1.54, 1.807) is 18.2 Å². The third-order valence-electron chi connectivity index (χ3n) is 4.03. The summed E-state index contributed by atoms with van der Waals surface area (Å²) in [7, 11) is 0. The number of halogens is 1. The molecule has 0 aliphatic carbocycles. The van der Waals surface area contributed by atoms with Crippen molar-refractivity contribution in [2.24, 2.45) is 5.10 Å². The number of H-pyrrole nitrogens is 1. The molecule has 2 aromatic carbocycles. The molecule has 0 atom stereocenters. The van der Waals surface area contributed by atoms with Crippen molar-refractivity contribution in [1.82, 2.24) is 15.6 Å². The predicted octanol–water partition coefficient (Wildman–Crippen LogP) is 4.67. The van der Waals surface area contributed by atoms with Crippen molar-refractivity contribution >= 4 is 23.2 Å². The third-order valence-corrected chi connectivity index (χ3v) is 4.28. The molecule has 0 saturated heterocycles. The highest BCUT2D eigenvalue weighted by molar-refractivity contribution is 6.30. The highest BCUT2D eigenvalue weighted by atomic mass is 35.5. The summed E-state index contributed by atoms with van der Waals surface area (Å²) in [4.78, 5) is 12.3. The van der Waals surface area contributed by atoms with Crippen molar-refractivity contribution in [3.63, 3.8) is 0 Å². The summed E-state index contributed by atoms with van der Waals surface area (Å²) in [6.07, 6.45) is 0.958. The first-order valence-electron chi connectivity index (χ1n) is 8.96. The van der Waals surface area contributed by atoms with Crippen molar-refractivity contribution in [2.75, 3.05) is 6.61 Å². The van der Waals surface area contributed by atoms with Gasteiger partial charge < -0.3 is 4.74 Å². The van der Waals surface area contributed by atoms with Gasteiger partial charge in [0.15, 0.2) is 0 Å². The predicted molar refractivity (Wildman–Crippen MR) is 111 cm³/mol. The van der Waals surface area contributed by atoms with Crippen LogP contribution in [0.2, 0.25) is 5.02 Å². The quantitative estimate of drug-likeness (QED) is 0.449. The Hall–Kier alpha value is -3.12. The maximum absolute atomic E-state index is 12.3. The number of benzene rings is 2. The molecule has 0 unspecified atom stereocenters. The number of nitrogens with one attached hydrogen (secondary N) is 2. The SMILES string of the molecule is CCCOc1ccc(-c2cc(C(=O)N/N=C(/C)c3ccc(Cl)cc3)[nH]n2)cc1. The molecule has 2 N–H and O–H groups in total. The second kappa shape index (κ2) is 9.19. The second-order valence-electron chi connectivity index (χ2n) is 6.18. The number of hydrogen-bond acceptors (Lipinski definition) is 4. The lowest BCUT2D eigenvalue weighted by atomic mass is 10.1. The summed E-state index contributed by atoms with van der Waals surface area (Å²) in [6.45, 7) is 4.55. The largest absolute Gasteiger partial charge is 0.494 e. The van der Waals surface area contributed by atoms with Crippen LogP contribution in [0.3, 0.4) is 0 Å². The normalized spacial score (nSPS) is 11.3. The topological polar surface area (TPSA) is 79.4 Å². The Labute approximate surface area is 168 Å². The molecular formula is C21H21ClN4O2. The Morgan fingerprint density at radius 3 is 2.57 bits per heavy atom. The summed E-state index contributed by atoms with van der Waals surface area (Å²) in [5.74, 6) is 0.445. The fourth-order valence-electron chi connectivity index (χ4n) is 2.48. The van der Waals surface area contributed by atoms with Crippen molar-refractivity contribution in [1.29, 1.82) is 0 Å². The van der Waals surface area contributed by atoms with Gasteiger partial charge in [-0.15, -0.1) is 0 Å². The molecule has 6 nitrogen and oxygen atoms in total. The molecule has 0 aliphatic heterocycles. The van der Waals surface area contributed by atoms with E-state index in [1.807, 2.05) is 43.3 Å². The Morgan fingerprint density at radius 1 is 1.18 bits per heavy atom. The van der Waals surface area contributed by atoms with Crippen LogP contribution in [0.1, 0.15) is 36.3 Å². The van der Waals surface area contributed by atoms with Crippen LogP contribution < -0.4 is 10.2 Å². The van der Waals surface area contributed by atoms with Crippen LogP contribution in [0.15, 0.2) is 59.7 Å². The summed E-state index contributed by atoms with van der Waals surface area (Å²) < 4.78 is 5.57. The van der Waals surface area contributed by atoms with Crippen LogP contribution in [0.25, 0.3) is 11.3 Å². The molecule has 1 amide bonds. The molecule has 3 rings (SSSR count). The van der Waals surface area contributed by atoms with Crippen molar-refractivity contribution < 1.29 is 9.53 Å². The van der Waals surface area contributed by atoms with E-state index in [-0.39, 0.29) is 5.91 Å². The Morgan fingerprint density at radius 2 is 1.89 bits per heavy atom. The fourth-order valence-corrected chi connectivity index (χ4v) is 2.60. The molecule has 1 heterocycles. The van der Waals surface area contributed by atoms with Gasteiger partial charge in [-0.25, -0.2) is 5.43 Å². The number of aromatic amines is 1. The molecular weight excluding hydrogens is 376 g/mol. The Kier molecular flexibility index (Phi) is 6.45. The van der Waals surface area contributed by atoms with Gasteiger partial charge in [0.1, 0.15) is 11.4 Å². The Balaban J connectivity index is 1.65. The zero-order valence-corrected chi connectivity index (χ0v) is 16.5. The highest BCUT2D eigenvalue weighted by Crippen LogP contribution is 2.21. The fraction of sp³-hybridized carbons (Fsp3) is 0.190. The van der Waals surface area contributed by atoms with E-state index in [9.17, 15) is 4.79 Å². The number of ether oxygens (including phenoxy) is 1. The molecule has 0 radical (unpaired) electrons. The summed E-state index contributed by atoms with van der Waals surface area (Å²) in [5, 5.41) is 11.7. The van der Waals surface area contributed by atoms with E-state index < -0.39 is 0 Å². The maximum atomic E-state index is 12.3. The number of carbonyl (C=O) groups excluding carboxylic acids is 1. The molecule has 0 fully saturated rings.